The van der Waals surface area contributed by atoms with Crippen molar-refractivity contribution in [1.82, 2.24) is 4.98 Å². The highest BCUT2D eigenvalue weighted by Crippen LogP contribution is 2.49. The van der Waals surface area contributed by atoms with Crippen molar-refractivity contribution in [3.05, 3.63) is 29.7 Å². The van der Waals surface area contributed by atoms with Gasteiger partial charge in [0.15, 0.2) is 16.5 Å². The minimum Gasteiger partial charge on any atom is -0.457 e. The maximum atomic E-state index is 13.2. The maximum absolute atomic E-state index is 13.2. The summed E-state index contributed by atoms with van der Waals surface area (Å²) in [5.74, 6) is -1.34. The van der Waals surface area contributed by atoms with Crippen molar-refractivity contribution in [1.29, 1.82) is 0 Å². The predicted molar refractivity (Wildman–Crippen MR) is 130 cm³/mol. The summed E-state index contributed by atoms with van der Waals surface area (Å²) in [6.45, 7) is 8.34. The number of esters is 1. The number of ether oxygens (including phenoxy) is 3. The topological polar surface area (TPSA) is 132 Å². The van der Waals surface area contributed by atoms with Crippen LogP contribution in [0, 0.1) is 18.3 Å². The molecule has 2 fully saturated rings. The van der Waals surface area contributed by atoms with Crippen LogP contribution in [0.15, 0.2) is 22.6 Å². The Hall–Kier alpha value is -2.04. The second-order valence-corrected chi connectivity index (χ2v) is 11.1. The number of carbonyl (C=O) groups is 2. The van der Waals surface area contributed by atoms with E-state index >= 15 is 0 Å². The first kappa shape index (κ1) is 27.0. The fourth-order valence-corrected chi connectivity index (χ4v) is 5.04. The van der Waals surface area contributed by atoms with Crippen molar-refractivity contribution >= 4 is 34.5 Å². The van der Waals surface area contributed by atoms with Gasteiger partial charge in [-0.3, -0.25) is 9.59 Å². The van der Waals surface area contributed by atoms with Crippen LogP contribution in [0.3, 0.4) is 0 Å². The number of fused-ring (bicyclic) bond motifs is 2. The van der Waals surface area contributed by atoms with Crippen LogP contribution >= 0.6 is 11.6 Å². The number of Topliss-reactive ketones (excluding diaryl/α,β-unsaturated/α-hetero) is 1. The van der Waals surface area contributed by atoms with Crippen LogP contribution < -0.4 is 0 Å². The summed E-state index contributed by atoms with van der Waals surface area (Å²) in [7, 11) is 0. The lowest BCUT2D eigenvalue weighted by Crippen LogP contribution is -2.47. The van der Waals surface area contributed by atoms with Gasteiger partial charge in [-0.05, 0) is 24.6 Å². The first-order valence-electron chi connectivity index (χ1n) is 12.3. The van der Waals surface area contributed by atoms with Crippen molar-refractivity contribution in [3.63, 3.8) is 0 Å². The lowest BCUT2D eigenvalue weighted by Gasteiger charge is -2.34. The van der Waals surface area contributed by atoms with E-state index in [1.54, 1.807) is 52.8 Å². The average molecular weight is 524 g/mol. The molecule has 4 rings (SSSR count). The van der Waals surface area contributed by atoms with E-state index in [1.807, 2.05) is 0 Å². The van der Waals surface area contributed by atoms with Crippen molar-refractivity contribution in [3.8, 4) is 0 Å². The summed E-state index contributed by atoms with van der Waals surface area (Å²) < 4.78 is 22.9. The minimum atomic E-state index is -1.32. The molecule has 198 valence electrons. The van der Waals surface area contributed by atoms with Crippen molar-refractivity contribution < 1.29 is 38.4 Å². The van der Waals surface area contributed by atoms with Gasteiger partial charge in [0.1, 0.15) is 23.5 Å². The van der Waals surface area contributed by atoms with Gasteiger partial charge in [0.05, 0.1) is 36.8 Å². The second-order valence-electron chi connectivity index (χ2n) is 10.5. The number of hydrogen-bond donors (Lipinski definition) is 2. The molecule has 2 aliphatic heterocycles. The first-order chi connectivity index (χ1) is 16.8. The molecule has 1 aromatic heterocycles. The molecule has 0 radical (unpaired) electrons. The highest BCUT2D eigenvalue weighted by Gasteiger charge is 2.56. The summed E-state index contributed by atoms with van der Waals surface area (Å²) >= 11 is 6.63. The van der Waals surface area contributed by atoms with E-state index in [4.69, 9.17) is 30.2 Å². The molecule has 7 unspecified atom stereocenters. The zero-order valence-corrected chi connectivity index (χ0v) is 21.9. The third-order valence-corrected chi connectivity index (χ3v) is 7.93. The van der Waals surface area contributed by atoms with Crippen LogP contribution in [-0.4, -0.2) is 63.0 Å². The molecule has 7 atom stereocenters. The Morgan fingerprint density at radius 1 is 1.17 bits per heavy atom. The molecular formula is C26H34ClNO8. The number of nitrogens with zero attached hydrogens (tertiary/aromatic N) is 1. The van der Waals surface area contributed by atoms with Crippen LogP contribution in [0.4, 0.5) is 0 Å². The molecule has 0 spiro atoms. The molecule has 0 saturated carbocycles. The maximum Gasteiger partial charge on any atom is 0.309 e. The molecular weight excluding hydrogens is 490 g/mol. The standard InChI is InChI=1S/C26H34ClNO8/c1-13-23(31)14(2)33-9-8-26(27)21(36-26)11-19(16-6-7-18-17(10-16)28-15(3)34-18)35-22(30)12-20(29)25(4,5)24(13)32/h6-7,10,13-14,19-21,23,29,31H,8-9,11-12H2,1-5H3. The average Bonchev–Trinajstić information content (AvgIpc) is 3.28. The highest BCUT2D eigenvalue weighted by molar-refractivity contribution is 6.25. The van der Waals surface area contributed by atoms with Gasteiger partial charge >= 0.3 is 5.97 Å². The van der Waals surface area contributed by atoms with Gasteiger partial charge in [-0.2, -0.15) is 0 Å². The molecule has 2 aliphatic rings. The van der Waals surface area contributed by atoms with Crippen LogP contribution in [-0.2, 0) is 23.8 Å². The first-order valence-corrected chi connectivity index (χ1v) is 12.6. The predicted octanol–water partition coefficient (Wildman–Crippen LogP) is 3.60. The minimum absolute atomic E-state index is 0.208. The lowest BCUT2D eigenvalue weighted by atomic mass is 9.74. The Labute approximate surface area is 215 Å². The normalized spacial score (nSPS) is 36.3. The zero-order valence-electron chi connectivity index (χ0n) is 21.2. The number of hydrogen-bond acceptors (Lipinski definition) is 9. The molecule has 2 N–H and O–H groups in total. The summed E-state index contributed by atoms with van der Waals surface area (Å²) in [6.07, 6.45) is -3.93. The molecule has 9 nitrogen and oxygen atoms in total. The van der Waals surface area contributed by atoms with Gasteiger partial charge in [-0.25, -0.2) is 4.98 Å². The number of epoxide rings is 1. The number of alkyl halides is 1. The van der Waals surface area contributed by atoms with Crippen LogP contribution in [0.25, 0.3) is 11.1 Å². The Bertz CT molecular complexity index is 1130. The molecule has 3 heterocycles. The number of oxazole rings is 1. The number of halogens is 1. The highest BCUT2D eigenvalue weighted by atomic mass is 35.5. The second kappa shape index (κ2) is 10.0. The third kappa shape index (κ3) is 5.45. The summed E-state index contributed by atoms with van der Waals surface area (Å²) in [5, 5.41) is 20.6. The number of aliphatic hydroxyl groups is 2. The third-order valence-electron chi connectivity index (χ3n) is 7.41. The van der Waals surface area contributed by atoms with Crippen molar-refractivity contribution in [2.24, 2.45) is 11.3 Å². The lowest BCUT2D eigenvalue weighted by molar-refractivity contribution is -0.157. The van der Waals surface area contributed by atoms with Crippen LogP contribution in [0.1, 0.15) is 64.5 Å². The molecule has 2 aromatic rings. The van der Waals surface area contributed by atoms with Crippen LogP contribution in [0.2, 0.25) is 0 Å². The van der Waals surface area contributed by atoms with Gasteiger partial charge in [-0.1, -0.05) is 38.4 Å². The smallest absolute Gasteiger partial charge is 0.309 e. The number of rotatable bonds is 1. The fourth-order valence-electron chi connectivity index (χ4n) is 4.77. The van der Waals surface area contributed by atoms with Crippen molar-refractivity contribution in [2.75, 3.05) is 6.61 Å². The van der Waals surface area contributed by atoms with Gasteiger partial charge < -0.3 is 28.8 Å². The van der Waals surface area contributed by atoms with E-state index in [2.05, 4.69) is 4.98 Å². The number of benzene rings is 1. The van der Waals surface area contributed by atoms with E-state index < -0.39 is 59.3 Å². The Morgan fingerprint density at radius 3 is 2.61 bits per heavy atom. The Morgan fingerprint density at radius 2 is 1.89 bits per heavy atom. The Kier molecular flexibility index (Phi) is 7.52. The van der Waals surface area contributed by atoms with Gasteiger partial charge in [0, 0.05) is 25.7 Å². The van der Waals surface area contributed by atoms with Gasteiger partial charge in [0.2, 0.25) is 0 Å². The summed E-state index contributed by atoms with van der Waals surface area (Å²) in [6, 6.07) is 5.34. The molecule has 0 amide bonds. The summed E-state index contributed by atoms with van der Waals surface area (Å²) in [4.78, 5) is 30.5. The molecule has 2 saturated heterocycles. The molecule has 36 heavy (non-hydrogen) atoms. The number of cyclic esters (lactones) is 1. The van der Waals surface area contributed by atoms with Gasteiger partial charge in [0.25, 0.3) is 0 Å². The fraction of sp³-hybridized carbons (Fsp3) is 0.654. The molecule has 0 aliphatic carbocycles. The Balaban J connectivity index is 1.61. The monoisotopic (exact) mass is 523 g/mol. The van der Waals surface area contributed by atoms with Crippen LogP contribution in [0.5, 0.6) is 0 Å². The quantitative estimate of drug-likeness (QED) is 0.327. The van der Waals surface area contributed by atoms with Crippen molar-refractivity contribution in [2.45, 2.75) is 89.5 Å². The van der Waals surface area contributed by atoms with E-state index in [9.17, 15) is 19.8 Å². The number of aryl methyl sites for hydroxylation is 1. The molecule has 1 aromatic carbocycles. The number of aliphatic hydroxyl groups excluding tert-OH is 2. The van der Waals surface area contributed by atoms with E-state index in [0.29, 0.717) is 29.0 Å². The van der Waals surface area contributed by atoms with E-state index in [0.717, 1.165) is 0 Å². The number of carbonyl (C=O) groups excluding carboxylic acids is 2. The largest absolute Gasteiger partial charge is 0.457 e. The van der Waals surface area contributed by atoms with E-state index in [1.165, 1.54) is 0 Å². The van der Waals surface area contributed by atoms with E-state index in [-0.39, 0.29) is 18.8 Å². The number of aromatic nitrogens is 1. The zero-order chi connectivity index (χ0) is 26.4. The van der Waals surface area contributed by atoms with Gasteiger partial charge in [-0.15, -0.1) is 0 Å². The molecule has 10 heteroatoms. The number of ketones is 1. The SMILES string of the molecule is Cc1nc2cc(C3CC4OC4(Cl)CCOC(C)C(O)C(C)C(=O)C(C)(C)C(O)CC(=O)O3)ccc2o1. The summed E-state index contributed by atoms with van der Waals surface area (Å²) in [5.41, 5.74) is 0.631. The molecule has 0 bridgehead atoms.